The van der Waals surface area contributed by atoms with Crippen molar-refractivity contribution in [2.75, 3.05) is 0 Å². The minimum atomic E-state index is -0.526. The summed E-state index contributed by atoms with van der Waals surface area (Å²) in [5.74, 6) is 0. The van der Waals surface area contributed by atoms with Gasteiger partial charge in [0.25, 0.3) is 0 Å². The molecule has 3 atom stereocenters. The van der Waals surface area contributed by atoms with Crippen LogP contribution in [0.15, 0.2) is 0 Å². The smallest absolute Gasteiger partial charge is 0.166 e. The van der Waals surface area contributed by atoms with E-state index in [1.165, 1.54) is 12.8 Å². The monoisotopic (exact) mass is 282 g/mol. The third-order valence-electron chi connectivity index (χ3n) is 3.13. The van der Waals surface area contributed by atoms with Crippen molar-refractivity contribution in [1.82, 2.24) is 0 Å². The molecule has 1 saturated carbocycles. The van der Waals surface area contributed by atoms with Crippen LogP contribution in [0.3, 0.4) is 0 Å². The lowest BCUT2D eigenvalue weighted by atomic mass is 9.94. The summed E-state index contributed by atoms with van der Waals surface area (Å²) in [6.07, 6.45) is 4.57. The Morgan fingerprint density at radius 3 is 2.58 bits per heavy atom. The van der Waals surface area contributed by atoms with E-state index in [0.717, 1.165) is 12.8 Å². The Kier molecular flexibility index (Phi) is 2.38. The van der Waals surface area contributed by atoms with E-state index in [4.69, 9.17) is 4.74 Å². The van der Waals surface area contributed by atoms with Crippen LogP contribution in [0.5, 0.6) is 0 Å². The highest BCUT2D eigenvalue weighted by molar-refractivity contribution is 14.1. The lowest BCUT2D eigenvalue weighted by Crippen LogP contribution is -2.39. The van der Waals surface area contributed by atoms with Crippen molar-refractivity contribution < 1.29 is 9.84 Å². The van der Waals surface area contributed by atoms with Gasteiger partial charge in [0, 0.05) is 0 Å². The summed E-state index contributed by atoms with van der Waals surface area (Å²) in [6, 6.07) is 0. The molecule has 0 aromatic carbocycles. The van der Waals surface area contributed by atoms with Gasteiger partial charge in [-0.3, -0.25) is 0 Å². The second-order valence-electron chi connectivity index (χ2n) is 4.26. The number of hydrogen-bond donors (Lipinski definition) is 1. The fraction of sp³-hybridized carbons (Fsp3) is 1.00. The maximum Gasteiger partial charge on any atom is 0.166 e. The van der Waals surface area contributed by atoms with Crippen LogP contribution in [0, 0.1) is 5.41 Å². The van der Waals surface area contributed by atoms with Gasteiger partial charge in [-0.2, -0.15) is 0 Å². The normalized spacial score (nSPS) is 45.8. The van der Waals surface area contributed by atoms with Gasteiger partial charge in [-0.25, -0.2) is 0 Å². The zero-order valence-corrected chi connectivity index (χ0v) is 9.45. The van der Waals surface area contributed by atoms with Crippen LogP contribution in [0.4, 0.5) is 0 Å². The van der Waals surface area contributed by atoms with Gasteiger partial charge in [0.05, 0.1) is 10.0 Å². The van der Waals surface area contributed by atoms with E-state index < -0.39 is 6.29 Å². The fourth-order valence-corrected chi connectivity index (χ4v) is 2.34. The maximum atomic E-state index is 9.51. The molecule has 0 spiro atoms. The molecule has 1 N–H and O–H groups in total. The summed E-state index contributed by atoms with van der Waals surface area (Å²) in [5, 5.41) is 9.51. The molecule has 1 aliphatic heterocycles. The highest BCUT2D eigenvalue weighted by atomic mass is 127. The molecular weight excluding hydrogens is 267 g/mol. The molecule has 3 heteroatoms. The van der Waals surface area contributed by atoms with Crippen LogP contribution < -0.4 is 0 Å². The van der Waals surface area contributed by atoms with E-state index in [-0.39, 0.29) is 0 Å². The van der Waals surface area contributed by atoms with Gasteiger partial charge < -0.3 is 9.84 Å². The molecule has 0 aromatic rings. The first-order valence-electron chi connectivity index (χ1n) is 4.59. The highest BCUT2D eigenvalue weighted by Gasteiger charge is 2.48. The summed E-state index contributed by atoms with van der Waals surface area (Å²) in [4.78, 5) is 0. The molecule has 0 radical (unpaired) electrons. The molecule has 2 unspecified atom stereocenters. The van der Waals surface area contributed by atoms with Gasteiger partial charge in [0.15, 0.2) is 6.29 Å². The van der Waals surface area contributed by atoms with Crippen LogP contribution in [-0.4, -0.2) is 21.4 Å². The van der Waals surface area contributed by atoms with Gasteiger partial charge in [0.1, 0.15) is 0 Å². The SMILES string of the molecule is CC1([C@@H]2CCC(I)C(O)O2)CC1. The van der Waals surface area contributed by atoms with E-state index in [2.05, 4.69) is 29.5 Å². The first kappa shape index (κ1) is 9.21. The zero-order chi connectivity index (χ0) is 8.77. The predicted molar refractivity (Wildman–Crippen MR) is 55.3 cm³/mol. The van der Waals surface area contributed by atoms with E-state index in [0.29, 0.717) is 15.4 Å². The van der Waals surface area contributed by atoms with E-state index in [9.17, 15) is 5.11 Å². The molecular formula is C9H15IO2. The molecule has 0 amide bonds. The summed E-state index contributed by atoms with van der Waals surface area (Å²) < 4.78 is 5.87. The molecule has 2 aliphatic rings. The van der Waals surface area contributed by atoms with Gasteiger partial charge in [-0.05, 0) is 31.1 Å². The second kappa shape index (κ2) is 3.10. The van der Waals surface area contributed by atoms with Crippen molar-refractivity contribution >= 4 is 22.6 Å². The molecule has 1 aliphatic carbocycles. The van der Waals surface area contributed by atoms with Crippen LogP contribution in [0.2, 0.25) is 0 Å². The molecule has 0 aromatic heterocycles. The van der Waals surface area contributed by atoms with Crippen molar-refractivity contribution in [2.45, 2.75) is 48.9 Å². The Morgan fingerprint density at radius 2 is 2.08 bits per heavy atom. The number of aliphatic hydroxyl groups is 1. The molecule has 70 valence electrons. The number of halogens is 1. The Hall–Kier alpha value is 0.650. The molecule has 2 rings (SSSR count). The average molecular weight is 282 g/mol. The number of ether oxygens (including phenoxy) is 1. The van der Waals surface area contributed by atoms with E-state index in [1.54, 1.807) is 0 Å². The summed E-state index contributed by atoms with van der Waals surface area (Å²) >= 11 is 2.27. The Balaban J connectivity index is 1.94. The van der Waals surface area contributed by atoms with Crippen LogP contribution in [0.25, 0.3) is 0 Å². The molecule has 1 heterocycles. The van der Waals surface area contributed by atoms with Crippen molar-refractivity contribution in [3.05, 3.63) is 0 Å². The standard InChI is InChI=1S/C9H15IO2/c1-9(4-5-9)7-3-2-6(10)8(11)12-7/h6-8,11H,2-5H2,1H3/t6?,7-,8?/m0/s1. The topological polar surface area (TPSA) is 29.5 Å². The average Bonchev–Trinajstić information content (AvgIpc) is 2.75. The van der Waals surface area contributed by atoms with E-state index in [1.807, 2.05) is 0 Å². The summed E-state index contributed by atoms with van der Waals surface area (Å²) in [7, 11) is 0. The predicted octanol–water partition coefficient (Wildman–Crippen LogP) is 2.09. The minimum Gasteiger partial charge on any atom is -0.367 e. The van der Waals surface area contributed by atoms with Gasteiger partial charge in [0.2, 0.25) is 0 Å². The number of hydrogen-bond acceptors (Lipinski definition) is 2. The number of alkyl halides is 1. The van der Waals surface area contributed by atoms with Crippen LogP contribution >= 0.6 is 22.6 Å². The number of aliphatic hydroxyl groups excluding tert-OH is 1. The Labute approximate surface area is 86.8 Å². The van der Waals surface area contributed by atoms with E-state index >= 15 is 0 Å². The van der Waals surface area contributed by atoms with Crippen LogP contribution in [0.1, 0.15) is 32.6 Å². The molecule has 0 bridgehead atoms. The Bertz CT molecular complexity index is 179. The number of rotatable bonds is 1. The van der Waals surface area contributed by atoms with Gasteiger partial charge in [-0.15, -0.1) is 0 Å². The first-order chi connectivity index (χ1) is 5.62. The van der Waals surface area contributed by atoms with Crippen molar-refractivity contribution in [3.63, 3.8) is 0 Å². The van der Waals surface area contributed by atoms with Gasteiger partial charge >= 0.3 is 0 Å². The zero-order valence-electron chi connectivity index (χ0n) is 7.29. The summed E-state index contributed by atoms with van der Waals surface area (Å²) in [5.41, 5.74) is 0.401. The van der Waals surface area contributed by atoms with Crippen molar-refractivity contribution in [2.24, 2.45) is 5.41 Å². The molecule has 1 saturated heterocycles. The third-order valence-corrected chi connectivity index (χ3v) is 4.37. The lowest BCUT2D eigenvalue weighted by molar-refractivity contribution is -0.173. The third kappa shape index (κ3) is 1.63. The lowest BCUT2D eigenvalue weighted by Gasteiger charge is -2.34. The quantitative estimate of drug-likeness (QED) is 0.589. The van der Waals surface area contributed by atoms with Crippen molar-refractivity contribution in [3.8, 4) is 0 Å². The fourth-order valence-electron chi connectivity index (χ4n) is 1.81. The molecule has 12 heavy (non-hydrogen) atoms. The highest BCUT2D eigenvalue weighted by Crippen LogP contribution is 2.52. The van der Waals surface area contributed by atoms with Gasteiger partial charge in [-0.1, -0.05) is 29.5 Å². The largest absolute Gasteiger partial charge is 0.367 e. The second-order valence-corrected chi connectivity index (χ2v) is 5.86. The Morgan fingerprint density at radius 1 is 1.42 bits per heavy atom. The minimum absolute atomic E-state index is 0.293. The maximum absolute atomic E-state index is 9.51. The van der Waals surface area contributed by atoms with Crippen molar-refractivity contribution in [1.29, 1.82) is 0 Å². The van der Waals surface area contributed by atoms with Crippen LogP contribution in [-0.2, 0) is 4.74 Å². The molecule has 2 fully saturated rings. The first-order valence-corrected chi connectivity index (χ1v) is 5.84. The molecule has 2 nitrogen and oxygen atoms in total. The summed E-state index contributed by atoms with van der Waals surface area (Å²) in [6.45, 7) is 2.26.